The Bertz CT molecular complexity index is 456. The normalized spacial score (nSPS) is 16.5. The quantitative estimate of drug-likeness (QED) is 0.880. The first-order chi connectivity index (χ1) is 9.24. The molecule has 2 amide bonds. The standard InChI is InChI=1S/C14H18ClN3O/c15-12-7-9-16-13(10-12)18-14(19)17-8-6-11-4-2-1-3-5-11/h6-11H,1-5H2,(H2,16,17,18,19)/b8-6+. The molecule has 1 saturated carbocycles. The van der Waals surface area contributed by atoms with Gasteiger partial charge in [0, 0.05) is 17.4 Å². The molecular formula is C14H18ClN3O. The van der Waals surface area contributed by atoms with Gasteiger partial charge in [0.05, 0.1) is 0 Å². The van der Waals surface area contributed by atoms with E-state index in [2.05, 4.69) is 21.7 Å². The Hall–Kier alpha value is -1.55. The van der Waals surface area contributed by atoms with Crippen LogP contribution in [0.3, 0.4) is 0 Å². The Morgan fingerprint density at radius 3 is 2.89 bits per heavy atom. The summed E-state index contributed by atoms with van der Waals surface area (Å²) in [5.74, 6) is 1.04. The zero-order valence-electron chi connectivity index (χ0n) is 10.7. The van der Waals surface area contributed by atoms with E-state index < -0.39 is 0 Å². The highest BCUT2D eigenvalue weighted by molar-refractivity contribution is 6.30. The number of halogens is 1. The molecule has 1 aromatic heterocycles. The Labute approximate surface area is 118 Å². The molecule has 0 aliphatic heterocycles. The van der Waals surface area contributed by atoms with E-state index in [4.69, 9.17) is 11.6 Å². The van der Waals surface area contributed by atoms with Gasteiger partial charge in [0.2, 0.25) is 0 Å². The average Bonchev–Trinajstić information content (AvgIpc) is 2.40. The maximum absolute atomic E-state index is 11.6. The summed E-state index contributed by atoms with van der Waals surface area (Å²) in [6.45, 7) is 0. The van der Waals surface area contributed by atoms with Crippen LogP contribution in [0.25, 0.3) is 0 Å². The molecule has 1 heterocycles. The third-order valence-corrected chi connectivity index (χ3v) is 3.43. The minimum Gasteiger partial charge on any atom is -0.315 e. The van der Waals surface area contributed by atoms with Crippen molar-refractivity contribution in [2.75, 3.05) is 5.32 Å². The fourth-order valence-electron chi connectivity index (χ4n) is 2.21. The summed E-state index contributed by atoms with van der Waals surface area (Å²) in [5, 5.41) is 5.85. The lowest BCUT2D eigenvalue weighted by Gasteiger charge is -2.17. The van der Waals surface area contributed by atoms with Gasteiger partial charge >= 0.3 is 6.03 Å². The molecule has 0 bridgehead atoms. The number of anilines is 1. The van der Waals surface area contributed by atoms with Gasteiger partial charge in [0.1, 0.15) is 5.82 Å². The van der Waals surface area contributed by atoms with E-state index in [1.807, 2.05) is 0 Å². The first kappa shape index (κ1) is 13.9. The van der Waals surface area contributed by atoms with Crippen LogP contribution in [0.5, 0.6) is 0 Å². The molecule has 0 unspecified atom stereocenters. The van der Waals surface area contributed by atoms with Gasteiger partial charge in [-0.2, -0.15) is 0 Å². The SMILES string of the molecule is O=C(N/C=C/C1CCCCC1)Nc1cc(Cl)ccn1. The molecule has 5 heteroatoms. The second-order valence-electron chi connectivity index (χ2n) is 4.71. The maximum Gasteiger partial charge on any atom is 0.324 e. The summed E-state index contributed by atoms with van der Waals surface area (Å²) in [7, 11) is 0. The first-order valence-electron chi connectivity index (χ1n) is 6.60. The van der Waals surface area contributed by atoms with Crippen LogP contribution in [0.15, 0.2) is 30.6 Å². The van der Waals surface area contributed by atoms with Crippen molar-refractivity contribution in [3.63, 3.8) is 0 Å². The minimum absolute atomic E-state index is 0.304. The molecule has 1 aliphatic rings. The number of pyridine rings is 1. The third-order valence-electron chi connectivity index (χ3n) is 3.20. The lowest BCUT2D eigenvalue weighted by atomic mass is 9.89. The van der Waals surface area contributed by atoms with E-state index in [0.717, 1.165) is 0 Å². The van der Waals surface area contributed by atoms with Gasteiger partial charge in [-0.1, -0.05) is 36.9 Å². The maximum atomic E-state index is 11.6. The van der Waals surface area contributed by atoms with Gasteiger partial charge in [-0.3, -0.25) is 5.32 Å². The summed E-state index contributed by atoms with van der Waals surface area (Å²) in [6.07, 6.45) is 11.7. The molecule has 0 aromatic carbocycles. The fraction of sp³-hybridized carbons (Fsp3) is 0.429. The van der Waals surface area contributed by atoms with E-state index >= 15 is 0 Å². The zero-order valence-corrected chi connectivity index (χ0v) is 11.5. The molecule has 0 saturated heterocycles. The van der Waals surface area contributed by atoms with Crippen LogP contribution in [0.1, 0.15) is 32.1 Å². The van der Waals surface area contributed by atoms with E-state index in [1.54, 1.807) is 24.5 Å². The number of rotatable bonds is 3. The van der Waals surface area contributed by atoms with Crippen LogP contribution in [-0.4, -0.2) is 11.0 Å². The van der Waals surface area contributed by atoms with E-state index in [1.165, 1.54) is 32.1 Å². The molecule has 19 heavy (non-hydrogen) atoms. The van der Waals surface area contributed by atoms with Crippen molar-refractivity contribution in [1.82, 2.24) is 10.3 Å². The second-order valence-corrected chi connectivity index (χ2v) is 5.15. The topological polar surface area (TPSA) is 54.0 Å². The van der Waals surface area contributed by atoms with Crippen molar-refractivity contribution in [3.8, 4) is 0 Å². The van der Waals surface area contributed by atoms with Gasteiger partial charge in [-0.05, 0) is 30.9 Å². The van der Waals surface area contributed by atoms with Gasteiger partial charge in [-0.25, -0.2) is 9.78 Å². The summed E-state index contributed by atoms with van der Waals surface area (Å²) >= 11 is 5.81. The zero-order chi connectivity index (χ0) is 13.5. The van der Waals surface area contributed by atoms with E-state index in [0.29, 0.717) is 16.8 Å². The Balaban J connectivity index is 1.76. The van der Waals surface area contributed by atoms with Crippen LogP contribution in [0, 0.1) is 5.92 Å². The van der Waals surface area contributed by atoms with Crippen LogP contribution in [0.2, 0.25) is 5.02 Å². The smallest absolute Gasteiger partial charge is 0.315 e. The van der Waals surface area contributed by atoms with Crippen LogP contribution in [-0.2, 0) is 0 Å². The molecule has 1 aliphatic carbocycles. The number of amides is 2. The van der Waals surface area contributed by atoms with Crippen molar-refractivity contribution >= 4 is 23.4 Å². The Kier molecular flexibility index (Phi) is 5.21. The van der Waals surface area contributed by atoms with Gasteiger partial charge in [-0.15, -0.1) is 0 Å². The largest absolute Gasteiger partial charge is 0.324 e. The van der Waals surface area contributed by atoms with Crippen LogP contribution >= 0.6 is 11.6 Å². The summed E-state index contributed by atoms with van der Waals surface area (Å²) in [6, 6.07) is 2.96. The minimum atomic E-state index is -0.304. The molecule has 0 radical (unpaired) electrons. The fourth-order valence-corrected chi connectivity index (χ4v) is 2.37. The highest BCUT2D eigenvalue weighted by Crippen LogP contribution is 2.24. The third kappa shape index (κ3) is 4.91. The molecule has 1 fully saturated rings. The van der Waals surface area contributed by atoms with Gasteiger partial charge < -0.3 is 5.32 Å². The molecule has 102 valence electrons. The monoisotopic (exact) mass is 279 g/mol. The highest BCUT2D eigenvalue weighted by atomic mass is 35.5. The van der Waals surface area contributed by atoms with Crippen molar-refractivity contribution in [1.29, 1.82) is 0 Å². The number of hydrogen-bond acceptors (Lipinski definition) is 2. The second kappa shape index (κ2) is 7.14. The van der Waals surface area contributed by atoms with Crippen molar-refractivity contribution in [2.24, 2.45) is 5.92 Å². The van der Waals surface area contributed by atoms with Crippen LogP contribution < -0.4 is 10.6 Å². The number of nitrogens with one attached hydrogen (secondary N) is 2. The number of nitrogens with zero attached hydrogens (tertiary/aromatic N) is 1. The van der Waals surface area contributed by atoms with Gasteiger partial charge in [0.25, 0.3) is 0 Å². The molecule has 1 aromatic rings. The molecule has 2 N–H and O–H groups in total. The van der Waals surface area contributed by atoms with E-state index in [-0.39, 0.29) is 6.03 Å². The molecule has 0 spiro atoms. The Morgan fingerprint density at radius 1 is 1.37 bits per heavy atom. The molecule has 4 nitrogen and oxygen atoms in total. The summed E-state index contributed by atoms with van der Waals surface area (Å²) in [4.78, 5) is 15.6. The lowest BCUT2D eigenvalue weighted by molar-refractivity contribution is 0.255. The van der Waals surface area contributed by atoms with Crippen molar-refractivity contribution < 1.29 is 4.79 Å². The predicted octanol–water partition coefficient (Wildman–Crippen LogP) is 3.95. The summed E-state index contributed by atoms with van der Waals surface area (Å²) in [5.41, 5.74) is 0. The number of aromatic nitrogens is 1. The number of carbonyl (C=O) groups excluding carboxylic acids is 1. The molecule has 0 atom stereocenters. The Morgan fingerprint density at radius 2 is 2.16 bits per heavy atom. The van der Waals surface area contributed by atoms with Crippen LogP contribution in [0.4, 0.5) is 10.6 Å². The van der Waals surface area contributed by atoms with Gasteiger partial charge in [0.15, 0.2) is 0 Å². The lowest BCUT2D eigenvalue weighted by Crippen LogP contribution is -2.24. The average molecular weight is 280 g/mol. The first-order valence-corrected chi connectivity index (χ1v) is 6.97. The number of urea groups is 1. The predicted molar refractivity (Wildman–Crippen MR) is 77.1 cm³/mol. The summed E-state index contributed by atoms with van der Waals surface area (Å²) < 4.78 is 0. The van der Waals surface area contributed by atoms with Crippen molar-refractivity contribution in [3.05, 3.63) is 35.6 Å². The number of allylic oxidation sites excluding steroid dienone is 1. The molecular weight excluding hydrogens is 262 g/mol. The molecule has 2 rings (SSSR count). The van der Waals surface area contributed by atoms with E-state index in [9.17, 15) is 4.79 Å². The number of hydrogen-bond donors (Lipinski definition) is 2. The van der Waals surface area contributed by atoms with Crippen molar-refractivity contribution in [2.45, 2.75) is 32.1 Å². The highest BCUT2D eigenvalue weighted by Gasteiger charge is 2.09. The number of carbonyl (C=O) groups is 1.